The van der Waals surface area contributed by atoms with Crippen molar-refractivity contribution in [2.75, 3.05) is 20.6 Å². The quantitative estimate of drug-likeness (QED) is 0.623. The molecule has 3 aromatic rings. The summed E-state index contributed by atoms with van der Waals surface area (Å²) in [5, 5.41) is 8.44. The zero-order valence-corrected chi connectivity index (χ0v) is 18.0. The van der Waals surface area contributed by atoms with E-state index >= 15 is 0 Å². The number of carbonyl (C=O) groups is 2. The topological polar surface area (TPSA) is 100 Å². The molecular weight excluding hydrogens is 425 g/mol. The van der Waals surface area contributed by atoms with Gasteiger partial charge in [-0.3, -0.25) is 9.59 Å². The number of hydrogen-bond acceptors (Lipinski definition) is 5. The third-order valence-corrected chi connectivity index (χ3v) is 5.55. The van der Waals surface area contributed by atoms with Crippen LogP contribution in [0.4, 0.5) is 4.39 Å². The fourth-order valence-corrected chi connectivity index (χ4v) is 3.96. The first-order valence-corrected chi connectivity index (χ1v) is 10.4. The molecule has 0 bridgehead atoms. The van der Waals surface area contributed by atoms with Gasteiger partial charge in [-0.25, -0.2) is 14.1 Å². The molecule has 1 N–H and O–H groups in total. The molecule has 9 nitrogen and oxygen atoms in total. The van der Waals surface area contributed by atoms with Gasteiger partial charge in [-0.15, -0.1) is 5.10 Å². The van der Waals surface area contributed by atoms with E-state index in [2.05, 4.69) is 20.3 Å². The van der Waals surface area contributed by atoms with Gasteiger partial charge in [0.25, 0.3) is 5.91 Å². The number of imidazole rings is 1. The average molecular weight is 448 g/mol. The largest absolute Gasteiger partial charge is 0.343 e. The minimum Gasteiger partial charge on any atom is -0.343 e. The number of benzene rings is 1. The van der Waals surface area contributed by atoms with E-state index in [0.29, 0.717) is 17.3 Å². The number of fused-ring (bicyclic) bond motifs is 1. The van der Waals surface area contributed by atoms with Gasteiger partial charge < -0.3 is 14.8 Å². The lowest BCUT2D eigenvalue weighted by molar-refractivity contribution is -0.132. The third-order valence-electron chi connectivity index (χ3n) is 5.31. The highest BCUT2D eigenvalue weighted by Gasteiger charge is 2.35. The molecular formula is C20H23ClFN7O2. The standard InChI is InChI=1S/C20H23ClFN7O2/c1-27(2)20(31)17-11-28(26-25-17)10-14-8-13(22)9-29(14)19(30)6-5-18-23-15-4-3-12(21)7-16(15)24-18/h3-4,7,11,13-14H,5-6,8-10H2,1-2H3,(H,23,24)/t13-,14-/m0/s1. The Morgan fingerprint density at radius 2 is 2.16 bits per heavy atom. The molecule has 1 saturated heterocycles. The van der Waals surface area contributed by atoms with E-state index < -0.39 is 6.17 Å². The molecule has 0 unspecified atom stereocenters. The summed E-state index contributed by atoms with van der Waals surface area (Å²) in [4.78, 5) is 35.4. The molecule has 1 fully saturated rings. The monoisotopic (exact) mass is 447 g/mol. The molecule has 1 aliphatic heterocycles. The molecule has 4 rings (SSSR count). The minimum atomic E-state index is -1.09. The highest BCUT2D eigenvalue weighted by atomic mass is 35.5. The molecule has 0 aliphatic carbocycles. The summed E-state index contributed by atoms with van der Waals surface area (Å²) >= 11 is 6.00. The zero-order chi connectivity index (χ0) is 22.1. The highest BCUT2D eigenvalue weighted by Crippen LogP contribution is 2.23. The van der Waals surface area contributed by atoms with Gasteiger partial charge in [0.05, 0.1) is 36.4 Å². The second kappa shape index (κ2) is 8.62. The predicted molar refractivity (Wildman–Crippen MR) is 112 cm³/mol. The first-order valence-electron chi connectivity index (χ1n) is 9.99. The molecule has 0 spiro atoms. The number of nitrogens with zero attached hydrogens (tertiary/aromatic N) is 6. The summed E-state index contributed by atoms with van der Waals surface area (Å²) in [6, 6.07) is 5.02. The molecule has 3 heterocycles. The maximum Gasteiger partial charge on any atom is 0.275 e. The summed E-state index contributed by atoms with van der Waals surface area (Å²) in [6.07, 6.45) is 1.28. The highest BCUT2D eigenvalue weighted by molar-refractivity contribution is 6.31. The Bertz CT molecular complexity index is 1110. The van der Waals surface area contributed by atoms with Gasteiger partial charge in [-0.2, -0.15) is 0 Å². The van der Waals surface area contributed by atoms with E-state index in [1.807, 2.05) is 6.07 Å². The Morgan fingerprint density at radius 1 is 1.35 bits per heavy atom. The molecule has 11 heteroatoms. The van der Waals surface area contributed by atoms with Crippen molar-refractivity contribution in [2.24, 2.45) is 0 Å². The lowest BCUT2D eigenvalue weighted by atomic mass is 10.2. The molecule has 164 valence electrons. The van der Waals surface area contributed by atoms with Crippen LogP contribution in [-0.4, -0.2) is 79.4 Å². The lowest BCUT2D eigenvalue weighted by Gasteiger charge is -2.24. The van der Waals surface area contributed by atoms with Crippen LogP contribution in [0.5, 0.6) is 0 Å². The van der Waals surface area contributed by atoms with Gasteiger partial charge in [0.15, 0.2) is 5.69 Å². The summed E-state index contributed by atoms with van der Waals surface area (Å²) in [6.45, 7) is 0.334. The van der Waals surface area contributed by atoms with Crippen molar-refractivity contribution < 1.29 is 14.0 Å². The van der Waals surface area contributed by atoms with Crippen LogP contribution >= 0.6 is 11.6 Å². The van der Waals surface area contributed by atoms with Crippen LogP contribution < -0.4 is 0 Å². The first-order chi connectivity index (χ1) is 14.8. The lowest BCUT2D eigenvalue weighted by Crippen LogP contribution is -2.38. The number of likely N-dealkylation sites (tertiary alicyclic amines) is 1. The van der Waals surface area contributed by atoms with Crippen molar-refractivity contribution >= 4 is 34.4 Å². The van der Waals surface area contributed by atoms with Gasteiger partial charge >= 0.3 is 0 Å². The van der Waals surface area contributed by atoms with E-state index in [9.17, 15) is 14.0 Å². The van der Waals surface area contributed by atoms with Crippen molar-refractivity contribution in [3.63, 3.8) is 0 Å². The first kappa shape index (κ1) is 21.2. The fraction of sp³-hybridized carbons (Fsp3) is 0.450. The van der Waals surface area contributed by atoms with Crippen LogP contribution in [0.25, 0.3) is 11.0 Å². The number of hydrogen-bond donors (Lipinski definition) is 1. The molecule has 1 aliphatic rings. The summed E-state index contributed by atoms with van der Waals surface area (Å²) in [5.41, 5.74) is 1.80. The normalized spacial score (nSPS) is 18.6. The Hall–Kier alpha value is -3.01. The van der Waals surface area contributed by atoms with E-state index in [0.717, 1.165) is 11.0 Å². The van der Waals surface area contributed by atoms with Gasteiger partial charge in [0, 0.05) is 38.4 Å². The van der Waals surface area contributed by atoms with Gasteiger partial charge in [0.2, 0.25) is 5.91 Å². The Kier molecular flexibility index (Phi) is 5.90. The number of halogens is 2. The smallest absolute Gasteiger partial charge is 0.275 e. The molecule has 0 saturated carbocycles. The Morgan fingerprint density at radius 3 is 2.94 bits per heavy atom. The van der Waals surface area contributed by atoms with E-state index in [4.69, 9.17) is 11.6 Å². The van der Waals surface area contributed by atoms with Crippen molar-refractivity contribution in [3.05, 3.63) is 40.9 Å². The molecule has 0 radical (unpaired) electrons. The molecule has 2 aromatic heterocycles. The van der Waals surface area contributed by atoms with Crippen LogP contribution in [0.2, 0.25) is 5.02 Å². The average Bonchev–Trinajstić information content (AvgIpc) is 3.43. The summed E-state index contributed by atoms with van der Waals surface area (Å²) in [5.74, 6) is 0.274. The van der Waals surface area contributed by atoms with E-state index in [1.54, 1.807) is 31.1 Å². The number of rotatable bonds is 6. The molecule has 2 amide bonds. The van der Waals surface area contributed by atoms with E-state index in [-0.39, 0.29) is 49.5 Å². The van der Waals surface area contributed by atoms with Crippen molar-refractivity contribution in [1.29, 1.82) is 0 Å². The number of nitrogens with one attached hydrogen (secondary N) is 1. The number of carbonyl (C=O) groups excluding carboxylic acids is 2. The van der Waals surface area contributed by atoms with Gasteiger partial charge in [-0.1, -0.05) is 16.8 Å². The van der Waals surface area contributed by atoms with Crippen molar-refractivity contribution in [3.8, 4) is 0 Å². The maximum absolute atomic E-state index is 14.1. The van der Waals surface area contributed by atoms with E-state index in [1.165, 1.54) is 15.8 Å². The fourth-order valence-electron chi connectivity index (χ4n) is 3.79. The van der Waals surface area contributed by atoms with Gasteiger partial charge in [0.1, 0.15) is 12.0 Å². The minimum absolute atomic E-state index is 0.0530. The third kappa shape index (κ3) is 4.68. The summed E-state index contributed by atoms with van der Waals surface area (Å²) in [7, 11) is 3.26. The number of aromatic amines is 1. The Labute approximate surface area is 183 Å². The van der Waals surface area contributed by atoms with Gasteiger partial charge in [-0.05, 0) is 18.2 Å². The second-order valence-corrected chi connectivity index (χ2v) is 8.34. The second-order valence-electron chi connectivity index (χ2n) is 7.90. The predicted octanol–water partition coefficient (Wildman–Crippen LogP) is 2.08. The van der Waals surface area contributed by atoms with Crippen molar-refractivity contribution in [1.82, 2.24) is 34.8 Å². The van der Waals surface area contributed by atoms with Crippen LogP contribution in [0, 0.1) is 0 Å². The Balaban J connectivity index is 1.39. The number of H-pyrrole nitrogens is 1. The van der Waals surface area contributed by atoms with Crippen LogP contribution in [-0.2, 0) is 17.8 Å². The molecule has 2 atom stereocenters. The van der Waals surface area contributed by atoms with Crippen LogP contribution in [0.3, 0.4) is 0 Å². The number of aromatic nitrogens is 5. The SMILES string of the molecule is CN(C)C(=O)c1cn(C[C@@H]2C[C@H](F)CN2C(=O)CCc2nc3ccc(Cl)cc3[nH]2)nn1. The molecule has 31 heavy (non-hydrogen) atoms. The zero-order valence-electron chi connectivity index (χ0n) is 17.3. The molecule has 1 aromatic carbocycles. The van der Waals surface area contributed by atoms with Crippen LogP contribution in [0.1, 0.15) is 29.2 Å². The number of aryl methyl sites for hydroxylation is 1. The number of amides is 2. The maximum atomic E-state index is 14.1. The van der Waals surface area contributed by atoms with Crippen molar-refractivity contribution in [2.45, 2.75) is 38.0 Å². The summed E-state index contributed by atoms with van der Waals surface area (Å²) < 4.78 is 15.6. The number of alkyl halides is 1. The van der Waals surface area contributed by atoms with Crippen LogP contribution in [0.15, 0.2) is 24.4 Å².